The first-order chi connectivity index (χ1) is 15.6. The number of ether oxygens (including phenoxy) is 1. The number of methoxy groups -OCH3 is 1. The number of aryl methyl sites for hydroxylation is 1. The van der Waals surface area contributed by atoms with Crippen molar-refractivity contribution >= 4 is 23.4 Å². The second kappa shape index (κ2) is 9.91. The van der Waals surface area contributed by atoms with Crippen LogP contribution in [0.5, 0.6) is 5.75 Å². The van der Waals surface area contributed by atoms with Gasteiger partial charge in [0.1, 0.15) is 16.8 Å². The zero-order valence-electron chi connectivity index (χ0n) is 17.8. The minimum atomic E-state index is 0.574. The van der Waals surface area contributed by atoms with Gasteiger partial charge in [0.05, 0.1) is 18.4 Å². The second-order valence-electron chi connectivity index (χ2n) is 7.36. The van der Waals surface area contributed by atoms with E-state index >= 15 is 0 Å². The zero-order valence-corrected chi connectivity index (χ0v) is 19.4. The molecule has 0 aliphatic carbocycles. The Bertz CT molecular complexity index is 1260. The maximum atomic E-state index is 10.0. The van der Waals surface area contributed by atoms with E-state index in [0.29, 0.717) is 21.4 Å². The quantitative estimate of drug-likeness (QED) is 0.281. The lowest BCUT2D eigenvalue weighted by molar-refractivity contribution is 0.415. The molecule has 3 nitrogen and oxygen atoms in total. The lowest BCUT2D eigenvalue weighted by atomic mass is 9.99. The van der Waals surface area contributed by atoms with Crippen LogP contribution in [0.25, 0.3) is 22.4 Å². The van der Waals surface area contributed by atoms with E-state index in [1.54, 1.807) is 18.9 Å². The highest BCUT2D eigenvalue weighted by Crippen LogP contribution is 2.36. The van der Waals surface area contributed by atoms with Crippen LogP contribution >= 0.6 is 23.4 Å². The smallest absolute Gasteiger partial charge is 0.118 e. The van der Waals surface area contributed by atoms with E-state index in [0.717, 1.165) is 33.7 Å². The molecule has 0 bridgehead atoms. The molecular formula is C27H21ClN2OS. The van der Waals surface area contributed by atoms with Crippen molar-refractivity contribution in [1.29, 1.82) is 5.26 Å². The van der Waals surface area contributed by atoms with Crippen molar-refractivity contribution in [2.75, 3.05) is 7.11 Å². The van der Waals surface area contributed by atoms with Crippen molar-refractivity contribution in [1.82, 2.24) is 4.98 Å². The van der Waals surface area contributed by atoms with Crippen molar-refractivity contribution < 1.29 is 4.74 Å². The summed E-state index contributed by atoms with van der Waals surface area (Å²) in [4.78, 5) is 4.89. The van der Waals surface area contributed by atoms with Gasteiger partial charge in [0.25, 0.3) is 0 Å². The molecule has 0 aliphatic rings. The van der Waals surface area contributed by atoms with Gasteiger partial charge in [0.15, 0.2) is 0 Å². The highest BCUT2D eigenvalue weighted by Gasteiger charge is 2.16. The van der Waals surface area contributed by atoms with Gasteiger partial charge >= 0.3 is 0 Å². The van der Waals surface area contributed by atoms with Crippen molar-refractivity contribution in [2.45, 2.75) is 17.7 Å². The fourth-order valence-electron chi connectivity index (χ4n) is 3.34. The Morgan fingerprint density at radius 1 is 0.938 bits per heavy atom. The molecule has 5 heteroatoms. The number of hydrogen-bond donors (Lipinski definition) is 0. The Hall–Kier alpha value is -3.26. The molecule has 3 aromatic carbocycles. The molecule has 0 N–H and O–H groups in total. The van der Waals surface area contributed by atoms with Crippen LogP contribution in [0.4, 0.5) is 0 Å². The highest BCUT2D eigenvalue weighted by molar-refractivity contribution is 7.98. The molecule has 1 aromatic heterocycles. The standard InChI is InChI=1S/C27H21ClN2OS/c1-18-3-7-21(8-4-18)26-15-24(20-9-13-23(31-2)14-10-20)25(16-29)27(30-26)32-17-19-5-11-22(28)12-6-19/h3-15H,17H2,1-2H3. The van der Waals surface area contributed by atoms with Crippen LogP contribution in [-0.4, -0.2) is 12.1 Å². The summed E-state index contributed by atoms with van der Waals surface area (Å²) in [6.45, 7) is 2.06. The zero-order chi connectivity index (χ0) is 22.5. The molecule has 0 aliphatic heterocycles. The third-order valence-electron chi connectivity index (χ3n) is 5.14. The topological polar surface area (TPSA) is 45.9 Å². The number of nitrogens with zero attached hydrogens (tertiary/aromatic N) is 2. The summed E-state index contributed by atoms with van der Waals surface area (Å²) in [6, 6.07) is 28.2. The molecule has 0 saturated heterocycles. The third-order valence-corrected chi connectivity index (χ3v) is 6.43. The first-order valence-electron chi connectivity index (χ1n) is 10.1. The van der Waals surface area contributed by atoms with Crippen LogP contribution in [0, 0.1) is 18.3 Å². The maximum absolute atomic E-state index is 10.0. The molecule has 0 amide bonds. The van der Waals surface area contributed by atoms with Crippen molar-refractivity contribution in [2.24, 2.45) is 0 Å². The first-order valence-corrected chi connectivity index (χ1v) is 11.5. The fraction of sp³-hybridized carbons (Fsp3) is 0.111. The Labute approximate surface area is 197 Å². The summed E-state index contributed by atoms with van der Waals surface area (Å²) in [5.74, 6) is 1.47. The lowest BCUT2D eigenvalue weighted by Crippen LogP contribution is -1.96. The van der Waals surface area contributed by atoms with Crippen molar-refractivity contribution in [3.63, 3.8) is 0 Å². The van der Waals surface area contributed by atoms with Gasteiger partial charge in [-0.25, -0.2) is 4.98 Å². The molecule has 0 fully saturated rings. The summed E-state index contributed by atoms with van der Waals surface area (Å²) in [6.07, 6.45) is 0. The molecular weight excluding hydrogens is 436 g/mol. The number of rotatable bonds is 6. The summed E-state index contributed by atoms with van der Waals surface area (Å²) in [5.41, 5.74) is 6.55. The number of pyridine rings is 1. The summed E-state index contributed by atoms with van der Waals surface area (Å²) < 4.78 is 5.29. The highest BCUT2D eigenvalue weighted by atomic mass is 35.5. The average molecular weight is 457 g/mol. The summed E-state index contributed by atoms with van der Waals surface area (Å²) in [7, 11) is 1.64. The average Bonchev–Trinajstić information content (AvgIpc) is 2.83. The molecule has 0 spiro atoms. The van der Waals surface area contributed by atoms with E-state index in [1.807, 2.05) is 54.6 Å². The number of aromatic nitrogens is 1. The van der Waals surface area contributed by atoms with E-state index < -0.39 is 0 Å². The number of halogens is 1. The predicted octanol–water partition coefficient (Wildman–Crippen LogP) is 7.55. The largest absolute Gasteiger partial charge is 0.497 e. The van der Waals surface area contributed by atoms with Crippen LogP contribution < -0.4 is 4.74 Å². The molecule has 4 aromatic rings. The van der Waals surface area contributed by atoms with E-state index in [1.165, 1.54) is 5.56 Å². The molecule has 32 heavy (non-hydrogen) atoms. The fourth-order valence-corrected chi connectivity index (χ4v) is 4.42. The third kappa shape index (κ3) is 4.96. The Balaban J connectivity index is 1.80. The monoisotopic (exact) mass is 456 g/mol. The van der Waals surface area contributed by atoms with E-state index in [9.17, 15) is 5.26 Å². The van der Waals surface area contributed by atoms with Crippen LogP contribution in [0.1, 0.15) is 16.7 Å². The van der Waals surface area contributed by atoms with Gasteiger partial charge in [-0.2, -0.15) is 5.26 Å². The van der Waals surface area contributed by atoms with Gasteiger partial charge < -0.3 is 4.74 Å². The number of benzene rings is 3. The van der Waals surface area contributed by atoms with Gasteiger partial charge in [-0.1, -0.05) is 65.7 Å². The Morgan fingerprint density at radius 2 is 1.59 bits per heavy atom. The SMILES string of the molecule is COc1ccc(-c2cc(-c3ccc(C)cc3)nc(SCc3ccc(Cl)cc3)c2C#N)cc1. The normalized spacial score (nSPS) is 10.6. The first kappa shape index (κ1) is 22.0. The van der Waals surface area contributed by atoms with Gasteiger partial charge in [-0.3, -0.25) is 0 Å². The number of thioether (sulfide) groups is 1. The minimum absolute atomic E-state index is 0.574. The number of hydrogen-bond acceptors (Lipinski definition) is 4. The lowest BCUT2D eigenvalue weighted by Gasteiger charge is -2.13. The number of nitriles is 1. The van der Waals surface area contributed by atoms with Gasteiger partial charge in [-0.15, -0.1) is 11.8 Å². The molecule has 158 valence electrons. The predicted molar refractivity (Wildman–Crippen MR) is 132 cm³/mol. The van der Waals surface area contributed by atoms with E-state index in [-0.39, 0.29) is 0 Å². The van der Waals surface area contributed by atoms with Crippen molar-refractivity contribution in [3.8, 4) is 34.2 Å². The summed E-state index contributed by atoms with van der Waals surface area (Å²) >= 11 is 7.57. The molecule has 0 saturated carbocycles. The molecule has 0 unspecified atom stereocenters. The van der Waals surface area contributed by atoms with E-state index in [4.69, 9.17) is 21.3 Å². The van der Waals surface area contributed by atoms with Gasteiger partial charge in [-0.05, 0) is 48.4 Å². The van der Waals surface area contributed by atoms with E-state index in [2.05, 4.69) is 37.3 Å². The van der Waals surface area contributed by atoms with Gasteiger partial charge in [0.2, 0.25) is 0 Å². The maximum Gasteiger partial charge on any atom is 0.118 e. The Kier molecular flexibility index (Phi) is 6.80. The summed E-state index contributed by atoms with van der Waals surface area (Å²) in [5, 5.41) is 11.5. The molecule has 1 heterocycles. The van der Waals surface area contributed by atoms with Gasteiger partial charge in [0, 0.05) is 21.9 Å². The minimum Gasteiger partial charge on any atom is -0.497 e. The Morgan fingerprint density at radius 3 is 2.22 bits per heavy atom. The van der Waals surface area contributed by atoms with Crippen LogP contribution in [0.2, 0.25) is 5.02 Å². The van der Waals surface area contributed by atoms with Crippen LogP contribution in [0.15, 0.2) is 83.9 Å². The second-order valence-corrected chi connectivity index (χ2v) is 8.76. The molecule has 4 rings (SSSR count). The molecule has 0 atom stereocenters. The van der Waals surface area contributed by atoms with Crippen LogP contribution in [-0.2, 0) is 5.75 Å². The van der Waals surface area contributed by atoms with Crippen molar-refractivity contribution in [3.05, 3.63) is 101 Å². The van der Waals surface area contributed by atoms with Crippen LogP contribution in [0.3, 0.4) is 0 Å². The molecule has 0 radical (unpaired) electrons.